The Labute approximate surface area is 156 Å². The van der Waals surface area contributed by atoms with Gasteiger partial charge in [0.1, 0.15) is 11.6 Å². The Morgan fingerprint density at radius 2 is 1.96 bits per heavy atom. The number of amides is 2. The summed E-state index contributed by atoms with van der Waals surface area (Å²) >= 11 is 0. The zero-order chi connectivity index (χ0) is 20.0. The minimum absolute atomic E-state index is 0.0433. The number of nitrogens with one attached hydrogen (secondary N) is 1. The molecule has 0 radical (unpaired) electrons. The van der Waals surface area contributed by atoms with Crippen LogP contribution in [0.25, 0.3) is 0 Å². The number of carbonyl (C=O) groups is 3. The van der Waals surface area contributed by atoms with Crippen LogP contribution in [0.2, 0.25) is 0 Å². The molecule has 0 aliphatic carbocycles. The number of likely N-dealkylation sites (tertiary alicyclic amines) is 1. The highest BCUT2D eigenvalue weighted by molar-refractivity contribution is 5.79. The van der Waals surface area contributed by atoms with Crippen molar-refractivity contribution in [1.82, 2.24) is 10.2 Å². The van der Waals surface area contributed by atoms with Crippen LogP contribution in [0.1, 0.15) is 50.6 Å². The molecule has 1 aliphatic heterocycles. The molecule has 1 aromatic carbocycles. The number of rotatable bonds is 7. The topological polar surface area (TPSA) is 86.7 Å². The number of carboxylic acid groups (broad SMARTS) is 1. The third kappa shape index (κ3) is 6.01. The van der Waals surface area contributed by atoms with E-state index in [1.807, 2.05) is 0 Å². The van der Waals surface area contributed by atoms with Crippen LogP contribution in [-0.4, -0.2) is 40.9 Å². The maximum atomic E-state index is 14.1. The first-order valence-corrected chi connectivity index (χ1v) is 8.98. The summed E-state index contributed by atoms with van der Waals surface area (Å²) < 4.78 is 28.2. The number of nitrogens with zero attached hydrogens (tertiary/aromatic N) is 1. The Kier molecular flexibility index (Phi) is 7.27. The fraction of sp³-hybridized carbons (Fsp3) is 0.526. The normalized spacial score (nSPS) is 18.0. The number of carbonyl (C=O) groups excluding carboxylic acids is 2. The fourth-order valence-corrected chi connectivity index (χ4v) is 3.47. The van der Waals surface area contributed by atoms with Crippen molar-refractivity contribution in [2.75, 3.05) is 13.1 Å². The monoisotopic (exact) mass is 382 g/mol. The fourth-order valence-electron chi connectivity index (χ4n) is 3.47. The van der Waals surface area contributed by atoms with Gasteiger partial charge >= 0.3 is 5.97 Å². The molecule has 6 nitrogen and oxygen atoms in total. The van der Waals surface area contributed by atoms with Crippen molar-refractivity contribution in [1.29, 1.82) is 0 Å². The number of hydrogen-bond acceptors (Lipinski definition) is 3. The Hall–Kier alpha value is -2.51. The minimum atomic E-state index is -1.10. The highest BCUT2D eigenvalue weighted by Gasteiger charge is 2.29. The first kappa shape index (κ1) is 20.8. The van der Waals surface area contributed by atoms with E-state index in [0.29, 0.717) is 19.5 Å². The zero-order valence-electron chi connectivity index (χ0n) is 15.2. The molecule has 1 fully saturated rings. The van der Waals surface area contributed by atoms with Crippen molar-refractivity contribution < 1.29 is 28.3 Å². The van der Waals surface area contributed by atoms with Crippen LogP contribution in [0.3, 0.4) is 0 Å². The van der Waals surface area contributed by atoms with E-state index in [2.05, 4.69) is 5.32 Å². The summed E-state index contributed by atoms with van der Waals surface area (Å²) in [6.45, 7) is 2.15. The molecule has 2 amide bonds. The van der Waals surface area contributed by atoms with E-state index in [9.17, 15) is 23.2 Å². The largest absolute Gasteiger partial charge is 0.481 e. The van der Waals surface area contributed by atoms with Crippen molar-refractivity contribution in [2.24, 2.45) is 5.92 Å². The molecular weight excluding hydrogens is 358 g/mol. The molecule has 2 atom stereocenters. The Bertz CT molecular complexity index is 691. The lowest BCUT2D eigenvalue weighted by molar-refractivity contribution is -0.137. The Balaban J connectivity index is 2.09. The van der Waals surface area contributed by atoms with E-state index in [1.54, 1.807) is 4.90 Å². The third-order valence-corrected chi connectivity index (χ3v) is 4.74. The van der Waals surface area contributed by atoms with E-state index in [1.165, 1.54) is 13.0 Å². The molecule has 0 unspecified atom stereocenters. The molecule has 8 heteroatoms. The summed E-state index contributed by atoms with van der Waals surface area (Å²) in [6, 6.07) is 2.29. The second kappa shape index (κ2) is 9.43. The summed E-state index contributed by atoms with van der Waals surface area (Å²) in [5.41, 5.74) is -0.333. The average molecular weight is 382 g/mol. The van der Waals surface area contributed by atoms with Crippen LogP contribution in [-0.2, 0) is 14.4 Å². The van der Waals surface area contributed by atoms with Crippen molar-refractivity contribution in [3.63, 3.8) is 0 Å². The highest BCUT2D eigenvalue weighted by Crippen LogP contribution is 2.26. The highest BCUT2D eigenvalue weighted by atomic mass is 19.1. The number of benzene rings is 1. The van der Waals surface area contributed by atoms with Gasteiger partial charge in [0.15, 0.2) is 0 Å². The molecule has 1 aromatic rings. The lowest BCUT2D eigenvalue weighted by Gasteiger charge is -2.33. The molecule has 0 bridgehead atoms. The van der Waals surface area contributed by atoms with Gasteiger partial charge in [0.05, 0.1) is 12.5 Å². The van der Waals surface area contributed by atoms with Crippen LogP contribution in [0, 0.1) is 17.6 Å². The lowest BCUT2D eigenvalue weighted by Crippen LogP contribution is -2.42. The van der Waals surface area contributed by atoms with Gasteiger partial charge in [-0.05, 0) is 37.3 Å². The SMILES string of the molecule is CC(=O)N[C@H](CC(=O)N1CCC[C@H](CCC(=O)O)C1)c1c(F)cccc1F. The van der Waals surface area contributed by atoms with Crippen LogP contribution in [0.4, 0.5) is 8.78 Å². The molecule has 2 N–H and O–H groups in total. The molecule has 148 valence electrons. The number of carboxylic acids is 1. The van der Waals surface area contributed by atoms with E-state index in [-0.39, 0.29) is 30.2 Å². The van der Waals surface area contributed by atoms with E-state index >= 15 is 0 Å². The number of aliphatic carboxylic acids is 1. The first-order chi connectivity index (χ1) is 12.8. The first-order valence-electron chi connectivity index (χ1n) is 8.98. The third-order valence-electron chi connectivity index (χ3n) is 4.74. The minimum Gasteiger partial charge on any atom is -0.481 e. The molecular formula is C19H24F2N2O4. The van der Waals surface area contributed by atoms with Crippen LogP contribution in [0.15, 0.2) is 18.2 Å². The molecule has 0 spiro atoms. The molecule has 1 aliphatic rings. The quantitative estimate of drug-likeness (QED) is 0.759. The van der Waals surface area contributed by atoms with Crippen molar-refractivity contribution in [3.8, 4) is 0 Å². The van der Waals surface area contributed by atoms with Gasteiger partial charge in [0.25, 0.3) is 0 Å². The standard InChI is InChI=1S/C19H24F2N2O4/c1-12(24)22-16(19-14(20)5-2-6-15(19)21)10-17(25)23-9-3-4-13(11-23)7-8-18(26)27/h2,5-6,13,16H,3-4,7-11H2,1H3,(H,22,24)(H,26,27)/t13-,16-/m1/s1. The van der Waals surface area contributed by atoms with Gasteiger partial charge in [-0.1, -0.05) is 6.07 Å². The predicted molar refractivity (Wildman–Crippen MR) is 93.7 cm³/mol. The molecule has 2 rings (SSSR count). The Morgan fingerprint density at radius 3 is 2.56 bits per heavy atom. The second-order valence-electron chi connectivity index (χ2n) is 6.87. The van der Waals surface area contributed by atoms with Gasteiger partial charge in [-0.2, -0.15) is 0 Å². The van der Waals surface area contributed by atoms with Crippen LogP contribution >= 0.6 is 0 Å². The summed E-state index contributed by atoms with van der Waals surface area (Å²) in [4.78, 5) is 36.5. The molecule has 27 heavy (non-hydrogen) atoms. The number of hydrogen-bond donors (Lipinski definition) is 2. The van der Waals surface area contributed by atoms with E-state index in [0.717, 1.165) is 25.0 Å². The van der Waals surface area contributed by atoms with Crippen molar-refractivity contribution >= 4 is 17.8 Å². The van der Waals surface area contributed by atoms with Gasteiger partial charge in [0, 0.05) is 32.0 Å². The Morgan fingerprint density at radius 1 is 1.30 bits per heavy atom. The summed E-state index contributed by atoms with van der Waals surface area (Å²) in [6.07, 6.45) is 1.85. The summed E-state index contributed by atoms with van der Waals surface area (Å²) in [5.74, 6) is -3.24. The number of piperidine rings is 1. The van der Waals surface area contributed by atoms with Gasteiger partial charge in [0.2, 0.25) is 11.8 Å². The zero-order valence-corrected chi connectivity index (χ0v) is 15.2. The molecule has 1 heterocycles. The van der Waals surface area contributed by atoms with Crippen molar-refractivity contribution in [2.45, 2.75) is 45.1 Å². The average Bonchev–Trinajstić information content (AvgIpc) is 2.59. The summed E-state index contributed by atoms with van der Waals surface area (Å²) in [5, 5.41) is 11.3. The molecule has 0 saturated carbocycles. The van der Waals surface area contributed by atoms with Crippen molar-refractivity contribution in [3.05, 3.63) is 35.4 Å². The lowest BCUT2D eigenvalue weighted by atomic mass is 9.92. The predicted octanol–water partition coefficient (Wildman–Crippen LogP) is 2.64. The van der Waals surface area contributed by atoms with Gasteiger partial charge < -0.3 is 15.3 Å². The smallest absolute Gasteiger partial charge is 0.303 e. The van der Waals surface area contributed by atoms with Crippen LogP contribution < -0.4 is 5.32 Å². The van der Waals surface area contributed by atoms with Gasteiger partial charge in [-0.15, -0.1) is 0 Å². The van der Waals surface area contributed by atoms with Gasteiger partial charge in [-0.3, -0.25) is 14.4 Å². The maximum absolute atomic E-state index is 14.1. The molecule has 0 aromatic heterocycles. The van der Waals surface area contributed by atoms with E-state index < -0.39 is 29.6 Å². The maximum Gasteiger partial charge on any atom is 0.303 e. The van der Waals surface area contributed by atoms with Gasteiger partial charge in [-0.25, -0.2) is 8.78 Å². The number of halogens is 2. The second-order valence-corrected chi connectivity index (χ2v) is 6.87. The van der Waals surface area contributed by atoms with E-state index in [4.69, 9.17) is 5.11 Å². The summed E-state index contributed by atoms with van der Waals surface area (Å²) in [7, 11) is 0. The molecule has 1 saturated heterocycles. The van der Waals surface area contributed by atoms with Crippen LogP contribution in [0.5, 0.6) is 0 Å².